The van der Waals surface area contributed by atoms with Crippen LogP contribution in [0.5, 0.6) is 0 Å². The third-order valence-corrected chi connectivity index (χ3v) is 2.36. The number of hydrogen-bond acceptors (Lipinski definition) is 1. The lowest BCUT2D eigenvalue weighted by molar-refractivity contribution is 0.111. The van der Waals surface area contributed by atoms with Gasteiger partial charge in [0, 0.05) is 6.07 Å². The van der Waals surface area contributed by atoms with Gasteiger partial charge in [-0.3, -0.25) is 4.79 Å². The van der Waals surface area contributed by atoms with Crippen LogP contribution in [0.3, 0.4) is 0 Å². The van der Waals surface area contributed by atoms with E-state index in [2.05, 4.69) is 0 Å². The number of hydrogen-bond donors (Lipinski definition) is 0. The molecule has 1 aromatic carbocycles. The van der Waals surface area contributed by atoms with Gasteiger partial charge in [-0.1, -0.05) is 0 Å². The highest BCUT2D eigenvalue weighted by atomic mass is 127. The normalized spacial score (nSPS) is 10.0. The van der Waals surface area contributed by atoms with Crippen molar-refractivity contribution in [2.24, 2.45) is 0 Å². The highest BCUT2D eigenvalue weighted by molar-refractivity contribution is 14.1. The molecule has 12 heavy (non-hydrogen) atoms. The van der Waals surface area contributed by atoms with Crippen molar-refractivity contribution in [3.63, 3.8) is 0 Å². The Balaban J connectivity index is 3.52. The molecule has 0 aliphatic carbocycles. The van der Waals surface area contributed by atoms with E-state index in [1.54, 1.807) is 0 Å². The Labute approximate surface area is 79.7 Å². The standard InChI is InChI=1S/C7H2F3IO/c8-4-1-5(9)7(11)3(2-12)6(4)10/h1-2H. The Morgan fingerprint density at radius 2 is 1.83 bits per heavy atom. The predicted molar refractivity (Wildman–Crippen MR) is 44.4 cm³/mol. The molecular formula is C7H2F3IO. The van der Waals surface area contributed by atoms with Crippen molar-refractivity contribution in [1.29, 1.82) is 0 Å². The molecule has 0 atom stereocenters. The number of carbonyl (C=O) groups is 1. The van der Waals surface area contributed by atoms with Gasteiger partial charge in [0.15, 0.2) is 17.9 Å². The Kier molecular flexibility index (Phi) is 2.71. The Hall–Kier alpha value is -0.590. The van der Waals surface area contributed by atoms with Crippen LogP contribution in [-0.2, 0) is 0 Å². The van der Waals surface area contributed by atoms with Crippen molar-refractivity contribution in [2.75, 3.05) is 0 Å². The zero-order valence-corrected chi connectivity index (χ0v) is 7.73. The molecule has 5 heteroatoms. The van der Waals surface area contributed by atoms with E-state index in [-0.39, 0.29) is 9.86 Å². The molecule has 0 aromatic heterocycles. The van der Waals surface area contributed by atoms with E-state index in [1.165, 1.54) is 22.6 Å². The minimum Gasteiger partial charge on any atom is -0.298 e. The Morgan fingerprint density at radius 1 is 1.25 bits per heavy atom. The first-order valence-corrected chi connectivity index (χ1v) is 3.94. The van der Waals surface area contributed by atoms with E-state index in [1.807, 2.05) is 0 Å². The molecular weight excluding hydrogens is 284 g/mol. The minimum absolute atomic E-state index is 0.0866. The summed E-state index contributed by atoms with van der Waals surface area (Å²) in [6, 6.07) is 0.407. The summed E-state index contributed by atoms with van der Waals surface area (Å²) in [4.78, 5) is 10.2. The van der Waals surface area contributed by atoms with Crippen LogP contribution in [0.2, 0.25) is 0 Å². The zero-order chi connectivity index (χ0) is 9.30. The van der Waals surface area contributed by atoms with Gasteiger partial charge in [0.25, 0.3) is 0 Å². The highest BCUT2D eigenvalue weighted by Crippen LogP contribution is 2.20. The van der Waals surface area contributed by atoms with E-state index in [0.717, 1.165) is 0 Å². The molecule has 1 nitrogen and oxygen atoms in total. The Bertz CT molecular complexity index is 312. The van der Waals surface area contributed by atoms with E-state index >= 15 is 0 Å². The van der Waals surface area contributed by atoms with Crippen molar-refractivity contribution >= 4 is 28.9 Å². The van der Waals surface area contributed by atoms with Crippen LogP contribution in [-0.4, -0.2) is 6.29 Å². The molecule has 0 bridgehead atoms. The van der Waals surface area contributed by atoms with Crippen LogP contribution < -0.4 is 0 Å². The monoisotopic (exact) mass is 286 g/mol. The average Bonchev–Trinajstić information content (AvgIpc) is 2.02. The fraction of sp³-hybridized carbons (Fsp3) is 0. The zero-order valence-electron chi connectivity index (χ0n) is 5.57. The van der Waals surface area contributed by atoms with Crippen molar-refractivity contribution in [3.05, 3.63) is 32.7 Å². The van der Waals surface area contributed by atoms with Crippen molar-refractivity contribution in [1.82, 2.24) is 0 Å². The first-order chi connectivity index (χ1) is 5.57. The van der Waals surface area contributed by atoms with Gasteiger partial charge in [0.2, 0.25) is 0 Å². The molecule has 64 valence electrons. The first kappa shape index (κ1) is 9.50. The van der Waals surface area contributed by atoms with Gasteiger partial charge in [0.1, 0.15) is 5.82 Å². The lowest BCUT2D eigenvalue weighted by atomic mass is 10.2. The van der Waals surface area contributed by atoms with Gasteiger partial charge >= 0.3 is 0 Å². The summed E-state index contributed by atoms with van der Waals surface area (Å²) in [7, 11) is 0. The lowest BCUT2D eigenvalue weighted by Crippen LogP contribution is -1.99. The maximum atomic E-state index is 12.7. The summed E-state index contributed by atoms with van der Waals surface area (Å²) in [5, 5.41) is 0. The molecule has 0 aliphatic rings. The maximum absolute atomic E-state index is 12.7. The van der Waals surface area contributed by atoms with Crippen molar-refractivity contribution in [2.45, 2.75) is 0 Å². The van der Waals surface area contributed by atoms with Gasteiger partial charge in [-0.05, 0) is 22.6 Å². The van der Waals surface area contributed by atoms with E-state index in [0.29, 0.717) is 6.07 Å². The van der Waals surface area contributed by atoms with Crippen LogP contribution in [0.1, 0.15) is 10.4 Å². The molecule has 0 fully saturated rings. The molecule has 1 rings (SSSR count). The van der Waals surface area contributed by atoms with Crippen LogP contribution in [0, 0.1) is 21.0 Å². The molecule has 0 saturated heterocycles. The summed E-state index contributed by atoms with van der Waals surface area (Å²) >= 11 is 1.43. The minimum atomic E-state index is -1.35. The second-order valence-corrected chi connectivity index (χ2v) is 3.08. The van der Waals surface area contributed by atoms with Crippen molar-refractivity contribution < 1.29 is 18.0 Å². The predicted octanol–water partition coefficient (Wildman–Crippen LogP) is 2.52. The quantitative estimate of drug-likeness (QED) is 0.440. The van der Waals surface area contributed by atoms with Crippen LogP contribution >= 0.6 is 22.6 Å². The fourth-order valence-electron chi connectivity index (χ4n) is 0.695. The summed E-state index contributed by atoms with van der Waals surface area (Å²) < 4.78 is 37.5. The van der Waals surface area contributed by atoms with Gasteiger partial charge in [-0.25, -0.2) is 13.2 Å². The van der Waals surface area contributed by atoms with E-state index in [9.17, 15) is 18.0 Å². The van der Waals surface area contributed by atoms with Gasteiger partial charge in [-0.2, -0.15) is 0 Å². The maximum Gasteiger partial charge on any atom is 0.170 e. The average molecular weight is 286 g/mol. The second-order valence-electron chi connectivity index (χ2n) is 2.00. The van der Waals surface area contributed by atoms with Crippen LogP contribution in [0.25, 0.3) is 0 Å². The summed E-state index contributed by atoms with van der Waals surface area (Å²) in [5.74, 6) is -3.59. The summed E-state index contributed by atoms with van der Waals surface area (Å²) in [6.45, 7) is 0. The van der Waals surface area contributed by atoms with Crippen molar-refractivity contribution in [3.8, 4) is 0 Å². The summed E-state index contributed by atoms with van der Waals surface area (Å²) in [5.41, 5.74) is -0.576. The number of halogens is 4. The lowest BCUT2D eigenvalue weighted by Gasteiger charge is -2.00. The van der Waals surface area contributed by atoms with Gasteiger partial charge in [-0.15, -0.1) is 0 Å². The molecule has 0 amide bonds. The summed E-state index contributed by atoms with van der Waals surface area (Å²) in [6.07, 6.45) is 0.0866. The third kappa shape index (κ3) is 1.45. The van der Waals surface area contributed by atoms with Crippen LogP contribution in [0.4, 0.5) is 13.2 Å². The highest BCUT2D eigenvalue weighted by Gasteiger charge is 2.15. The molecule has 0 saturated carbocycles. The Morgan fingerprint density at radius 3 is 2.33 bits per heavy atom. The molecule has 0 heterocycles. The molecule has 0 spiro atoms. The SMILES string of the molecule is O=Cc1c(F)c(F)cc(F)c1I. The van der Waals surface area contributed by atoms with Crippen LogP contribution in [0.15, 0.2) is 6.07 Å². The van der Waals surface area contributed by atoms with Gasteiger partial charge < -0.3 is 0 Å². The number of rotatable bonds is 1. The van der Waals surface area contributed by atoms with Gasteiger partial charge in [0.05, 0.1) is 9.13 Å². The fourth-order valence-corrected chi connectivity index (χ4v) is 1.21. The molecule has 1 aromatic rings. The molecule has 0 aliphatic heterocycles. The number of carbonyl (C=O) groups excluding carboxylic acids is 1. The second kappa shape index (κ2) is 3.42. The third-order valence-electron chi connectivity index (χ3n) is 1.26. The topological polar surface area (TPSA) is 17.1 Å². The molecule has 0 unspecified atom stereocenters. The number of aldehydes is 1. The largest absolute Gasteiger partial charge is 0.298 e. The van der Waals surface area contributed by atoms with E-state index in [4.69, 9.17) is 0 Å². The molecule has 0 N–H and O–H groups in total. The first-order valence-electron chi connectivity index (χ1n) is 2.86. The van der Waals surface area contributed by atoms with E-state index < -0.39 is 23.0 Å². The smallest absolute Gasteiger partial charge is 0.170 e. The molecule has 0 radical (unpaired) electrons. The number of benzene rings is 1.